The molecule has 1 aromatic heterocycles. The van der Waals surface area contributed by atoms with Gasteiger partial charge in [-0.25, -0.2) is 4.79 Å². The molecule has 0 unspecified atom stereocenters. The zero-order chi connectivity index (χ0) is 7.72. The van der Waals surface area contributed by atoms with Gasteiger partial charge in [0.15, 0.2) is 0 Å². The first-order valence-corrected chi connectivity index (χ1v) is 3.65. The van der Waals surface area contributed by atoms with Gasteiger partial charge in [-0.15, -0.1) is 0 Å². The Balaban J connectivity index is 3.62. The number of H-pyrrole nitrogens is 1. The molecule has 1 aromatic rings. The molecule has 54 valence electrons. The predicted octanol–water partition coefficient (Wildman–Crippen LogP) is -0.322. The summed E-state index contributed by atoms with van der Waals surface area (Å²) in [6, 6.07) is 1.36. The van der Waals surface area contributed by atoms with Crippen LogP contribution in [0, 0.1) is 3.70 Å². The third-order valence-electron chi connectivity index (χ3n) is 1.11. The molecule has 0 aliphatic rings. The fourth-order valence-corrected chi connectivity index (χ4v) is 1.03. The Kier molecular flexibility index (Phi) is 1.93. The smallest absolute Gasteiger partial charge is 0.291 e. The number of rotatable bonds is 0. The van der Waals surface area contributed by atoms with Crippen molar-refractivity contribution in [2.24, 2.45) is 7.05 Å². The molecular weight excluding hydrogens is 247 g/mol. The molecule has 4 nitrogen and oxygen atoms in total. The highest BCUT2D eigenvalue weighted by molar-refractivity contribution is 14.1. The second-order valence-electron chi connectivity index (χ2n) is 1.82. The minimum Gasteiger partial charge on any atom is -0.291 e. The van der Waals surface area contributed by atoms with Crippen LogP contribution in [0.4, 0.5) is 0 Å². The largest absolute Gasteiger partial charge is 0.328 e. The molecule has 5 heteroatoms. The highest BCUT2D eigenvalue weighted by Gasteiger charge is 1.95. The number of hydrogen-bond donors (Lipinski definition) is 1. The van der Waals surface area contributed by atoms with E-state index in [4.69, 9.17) is 0 Å². The zero-order valence-corrected chi connectivity index (χ0v) is 7.38. The lowest BCUT2D eigenvalue weighted by atomic mass is 10.6. The first-order valence-electron chi connectivity index (χ1n) is 2.57. The van der Waals surface area contributed by atoms with E-state index >= 15 is 0 Å². The molecule has 1 N–H and O–H groups in total. The normalized spacial score (nSPS) is 9.80. The van der Waals surface area contributed by atoms with E-state index in [1.165, 1.54) is 10.6 Å². The molecule has 0 radical (unpaired) electrons. The monoisotopic (exact) mass is 252 g/mol. The molecule has 10 heavy (non-hydrogen) atoms. The Morgan fingerprint density at radius 3 is 2.70 bits per heavy atom. The maximum absolute atomic E-state index is 10.8. The molecule has 0 aliphatic heterocycles. The maximum atomic E-state index is 10.8. The first kappa shape index (κ1) is 7.52. The summed E-state index contributed by atoms with van der Waals surface area (Å²) in [5.74, 6) is 0. The van der Waals surface area contributed by atoms with Gasteiger partial charge in [-0.3, -0.25) is 14.3 Å². The summed E-state index contributed by atoms with van der Waals surface area (Å²) < 4.78 is 1.99. The van der Waals surface area contributed by atoms with Crippen molar-refractivity contribution in [3.05, 3.63) is 30.6 Å². The summed E-state index contributed by atoms with van der Waals surface area (Å²) >= 11 is 1.92. The summed E-state index contributed by atoms with van der Waals surface area (Å²) in [6.07, 6.45) is 0. The summed E-state index contributed by atoms with van der Waals surface area (Å²) in [5, 5.41) is 0. The van der Waals surface area contributed by atoms with Gasteiger partial charge in [0.2, 0.25) is 0 Å². The van der Waals surface area contributed by atoms with Gasteiger partial charge in [-0.2, -0.15) is 0 Å². The number of nitrogens with zero attached hydrogens (tertiary/aromatic N) is 1. The minimum absolute atomic E-state index is 0.354. The van der Waals surface area contributed by atoms with E-state index in [0.29, 0.717) is 3.70 Å². The van der Waals surface area contributed by atoms with Gasteiger partial charge in [-0.1, -0.05) is 0 Å². The van der Waals surface area contributed by atoms with Crippen LogP contribution in [0.15, 0.2) is 15.7 Å². The number of aromatic nitrogens is 2. The van der Waals surface area contributed by atoms with Crippen LogP contribution in [0.25, 0.3) is 0 Å². The lowest BCUT2D eigenvalue weighted by Crippen LogP contribution is -2.29. The average Bonchev–Trinajstić information content (AvgIpc) is 1.82. The number of halogens is 1. The first-order chi connectivity index (χ1) is 4.61. The van der Waals surface area contributed by atoms with Crippen LogP contribution in [0.2, 0.25) is 0 Å². The average molecular weight is 252 g/mol. The predicted molar refractivity (Wildman–Crippen MR) is 45.0 cm³/mol. The van der Waals surface area contributed by atoms with Crippen molar-refractivity contribution in [1.82, 2.24) is 9.55 Å². The number of hydrogen-bond acceptors (Lipinski definition) is 2. The summed E-state index contributed by atoms with van der Waals surface area (Å²) in [5.41, 5.74) is -0.732. The minimum atomic E-state index is -0.378. The molecule has 0 aromatic carbocycles. The summed E-state index contributed by atoms with van der Waals surface area (Å²) in [6.45, 7) is 0. The van der Waals surface area contributed by atoms with E-state index in [2.05, 4.69) is 4.98 Å². The van der Waals surface area contributed by atoms with E-state index in [1.54, 1.807) is 7.05 Å². The van der Waals surface area contributed by atoms with Crippen molar-refractivity contribution in [1.29, 1.82) is 0 Å². The van der Waals surface area contributed by atoms with Crippen LogP contribution in [0.3, 0.4) is 0 Å². The SMILES string of the molecule is Cn1c(I)cc(=O)[nH]c1=O. The number of aromatic amines is 1. The Morgan fingerprint density at radius 1 is 1.60 bits per heavy atom. The second kappa shape index (κ2) is 2.57. The molecule has 0 saturated heterocycles. The van der Waals surface area contributed by atoms with Gasteiger partial charge < -0.3 is 0 Å². The fraction of sp³-hybridized carbons (Fsp3) is 0.200. The van der Waals surface area contributed by atoms with Gasteiger partial charge >= 0.3 is 5.69 Å². The van der Waals surface area contributed by atoms with Crippen LogP contribution >= 0.6 is 22.6 Å². The second-order valence-corrected chi connectivity index (χ2v) is 2.93. The Bertz CT molecular complexity index is 351. The maximum Gasteiger partial charge on any atom is 0.328 e. The Morgan fingerprint density at radius 2 is 2.20 bits per heavy atom. The van der Waals surface area contributed by atoms with Crippen LogP contribution in [-0.2, 0) is 7.05 Å². The van der Waals surface area contributed by atoms with Crippen molar-refractivity contribution in [3.63, 3.8) is 0 Å². The van der Waals surface area contributed by atoms with Crippen molar-refractivity contribution < 1.29 is 0 Å². The van der Waals surface area contributed by atoms with Crippen LogP contribution in [-0.4, -0.2) is 9.55 Å². The fourth-order valence-electron chi connectivity index (χ4n) is 0.527. The molecule has 0 saturated carbocycles. The van der Waals surface area contributed by atoms with Gasteiger partial charge in [-0.05, 0) is 22.6 Å². The highest BCUT2D eigenvalue weighted by atomic mass is 127. The van der Waals surface area contributed by atoms with Crippen molar-refractivity contribution >= 4 is 22.6 Å². The molecule has 0 aliphatic carbocycles. The quantitative estimate of drug-likeness (QED) is 0.508. The lowest BCUT2D eigenvalue weighted by molar-refractivity contribution is 0.775. The Labute approximate surface area is 70.0 Å². The Hall–Kier alpha value is -0.590. The molecule has 0 amide bonds. The van der Waals surface area contributed by atoms with E-state index in [1.807, 2.05) is 22.6 Å². The van der Waals surface area contributed by atoms with E-state index in [9.17, 15) is 9.59 Å². The van der Waals surface area contributed by atoms with Crippen molar-refractivity contribution in [2.75, 3.05) is 0 Å². The topological polar surface area (TPSA) is 54.9 Å². The molecule has 1 rings (SSSR count). The zero-order valence-electron chi connectivity index (χ0n) is 5.22. The van der Waals surface area contributed by atoms with Gasteiger partial charge in [0, 0.05) is 13.1 Å². The van der Waals surface area contributed by atoms with Gasteiger partial charge in [0.25, 0.3) is 5.56 Å². The van der Waals surface area contributed by atoms with Crippen LogP contribution in [0.5, 0.6) is 0 Å². The van der Waals surface area contributed by atoms with Crippen LogP contribution in [0.1, 0.15) is 0 Å². The highest BCUT2D eigenvalue weighted by Crippen LogP contribution is 1.92. The molecular formula is C5H5IN2O2. The van der Waals surface area contributed by atoms with Crippen LogP contribution < -0.4 is 11.2 Å². The van der Waals surface area contributed by atoms with Gasteiger partial charge in [0.05, 0.1) is 3.70 Å². The third-order valence-corrected chi connectivity index (χ3v) is 2.14. The summed E-state index contributed by atoms with van der Waals surface area (Å²) in [7, 11) is 1.60. The van der Waals surface area contributed by atoms with E-state index in [-0.39, 0.29) is 11.2 Å². The third kappa shape index (κ3) is 1.28. The number of nitrogens with one attached hydrogen (secondary N) is 1. The molecule has 0 spiro atoms. The molecule has 0 fully saturated rings. The van der Waals surface area contributed by atoms with Gasteiger partial charge in [0.1, 0.15) is 0 Å². The molecule has 0 bridgehead atoms. The van der Waals surface area contributed by atoms with E-state index in [0.717, 1.165) is 0 Å². The molecule has 0 atom stereocenters. The van der Waals surface area contributed by atoms with E-state index < -0.39 is 0 Å². The van der Waals surface area contributed by atoms with Crippen molar-refractivity contribution in [3.8, 4) is 0 Å². The van der Waals surface area contributed by atoms with Crippen molar-refractivity contribution in [2.45, 2.75) is 0 Å². The summed E-state index contributed by atoms with van der Waals surface area (Å²) in [4.78, 5) is 23.5. The lowest BCUT2D eigenvalue weighted by Gasteiger charge is -1.96. The standard InChI is InChI=1S/C5H5IN2O2/c1-8-3(6)2-4(9)7-5(8)10/h2H,1H3,(H,7,9,10). The molecule has 1 heterocycles.